The summed E-state index contributed by atoms with van der Waals surface area (Å²) in [6.45, 7) is 0. The van der Waals surface area contributed by atoms with Gasteiger partial charge in [-0.15, -0.1) is 0 Å². The molecule has 2 atom stereocenters. The average Bonchev–Trinajstić information content (AvgIpc) is 2.69. The standard InChI is InChI=1S/C21H21ClN2O3/c1-27-15-8-6-7-14(13-15)23-20(25)16-9-2-3-10-17(16)21(26)24-19-12-5-4-11-18(19)22/h2-8,11-13,16-17H,9-10H2,1H3,(H,23,25)(H,24,26). The number of hydrogen-bond acceptors (Lipinski definition) is 3. The number of nitrogens with one attached hydrogen (secondary N) is 2. The SMILES string of the molecule is COc1cccc(NC(=O)C2CC=CCC2C(=O)Nc2ccccc2Cl)c1. The van der Waals surface area contributed by atoms with Crippen LogP contribution in [0.15, 0.2) is 60.7 Å². The van der Waals surface area contributed by atoms with Crippen LogP contribution in [-0.2, 0) is 9.59 Å². The van der Waals surface area contributed by atoms with E-state index < -0.39 is 11.8 Å². The molecule has 1 aliphatic carbocycles. The number of para-hydroxylation sites is 1. The summed E-state index contributed by atoms with van der Waals surface area (Å²) in [4.78, 5) is 25.6. The first-order valence-electron chi connectivity index (χ1n) is 8.74. The molecule has 0 heterocycles. The number of allylic oxidation sites excluding steroid dienone is 2. The van der Waals surface area contributed by atoms with Gasteiger partial charge in [-0.25, -0.2) is 0 Å². The number of halogens is 1. The van der Waals surface area contributed by atoms with E-state index in [0.29, 0.717) is 35.0 Å². The van der Waals surface area contributed by atoms with Gasteiger partial charge in [0.25, 0.3) is 0 Å². The lowest BCUT2D eigenvalue weighted by Crippen LogP contribution is -2.37. The molecule has 5 nitrogen and oxygen atoms in total. The highest BCUT2D eigenvalue weighted by molar-refractivity contribution is 6.33. The van der Waals surface area contributed by atoms with Crippen LogP contribution in [0.3, 0.4) is 0 Å². The number of carbonyl (C=O) groups excluding carboxylic acids is 2. The molecule has 2 aromatic carbocycles. The zero-order chi connectivity index (χ0) is 19.2. The zero-order valence-corrected chi connectivity index (χ0v) is 15.7. The van der Waals surface area contributed by atoms with Crippen LogP contribution in [0.2, 0.25) is 5.02 Å². The highest BCUT2D eigenvalue weighted by atomic mass is 35.5. The van der Waals surface area contributed by atoms with E-state index in [1.807, 2.05) is 12.2 Å². The molecule has 1 aliphatic rings. The van der Waals surface area contributed by atoms with Gasteiger partial charge in [0.15, 0.2) is 0 Å². The van der Waals surface area contributed by atoms with Crippen molar-refractivity contribution in [2.24, 2.45) is 11.8 Å². The Kier molecular flexibility index (Phi) is 6.14. The second kappa shape index (κ2) is 8.73. The van der Waals surface area contributed by atoms with Crippen molar-refractivity contribution in [1.29, 1.82) is 0 Å². The predicted molar refractivity (Wildman–Crippen MR) is 107 cm³/mol. The number of benzene rings is 2. The monoisotopic (exact) mass is 384 g/mol. The van der Waals surface area contributed by atoms with Crippen molar-refractivity contribution < 1.29 is 14.3 Å². The van der Waals surface area contributed by atoms with Crippen molar-refractivity contribution in [3.05, 3.63) is 65.7 Å². The number of methoxy groups -OCH3 is 1. The fourth-order valence-corrected chi connectivity index (χ4v) is 3.30. The third kappa shape index (κ3) is 4.68. The molecule has 0 aromatic heterocycles. The third-order valence-corrected chi connectivity index (χ3v) is 4.90. The molecular weight excluding hydrogens is 364 g/mol. The summed E-state index contributed by atoms with van der Waals surface area (Å²) in [5.74, 6) is -0.657. The van der Waals surface area contributed by atoms with Crippen LogP contribution >= 0.6 is 11.6 Å². The van der Waals surface area contributed by atoms with Crippen LogP contribution in [0.5, 0.6) is 5.75 Å². The summed E-state index contributed by atoms with van der Waals surface area (Å²) in [6, 6.07) is 14.2. The molecule has 3 rings (SSSR count). The second-order valence-electron chi connectivity index (χ2n) is 6.35. The summed E-state index contributed by atoms with van der Waals surface area (Å²) in [5, 5.41) is 6.20. The first kappa shape index (κ1) is 19.0. The highest BCUT2D eigenvalue weighted by Crippen LogP contribution is 2.30. The Morgan fingerprint density at radius 3 is 2.30 bits per heavy atom. The fraction of sp³-hybridized carbons (Fsp3) is 0.238. The Morgan fingerprint density at radius 1 is 0.963 bits per heavy atom. The molecule has 0 radical (unpaired) electrons. The van der Waals surface area contributed by atoms with Crippen molar-refractivity contribution in [3.63, 3.8) is 0 Å². The Hall–Kier alpha value is -2.79. The molecule has 0 spiro atoms. The molecule has 140 valence electrons. The van der Waals surface area contributed by atoms with Gasteiger partial charge in [-0.05, 0) is 37.1 Å². The molecular formula is C21H21ClN2O3. The summed E-state index contributed by atoms with van der Waals surface area (Å²) in [6.07, 6.45) is 4.89. The Bertz CT molecular complexity index is 866. The molecule has 0 fully saturated rings. The number of amides is 2. The lowest BCUT2D eigenvalue weighted by Gasteiger charge is -2.27. The molecule has 0 saturated carbocycles. The first-order chi connectivity index (χ1) is 13.1. The van der Waals surface area contributed by atoms with Gasteiger partial charge >= 0.3 is 0 Å². The highest BCUT2D eigenvalue weighted by Gasteiger charge is 2.34. The van der Waals surface area contributed by atoms with Crippen molar-refractivity contribution in [2.75, 3.05) is 17.7 Å². The van der Waals surface area contributed by atoms with Crippen LogP contribution in [0.25, 0.3) is 0 Å². The summed E-state index contributed by atoms with van der Waals surface area (Å²) in [7, 11) is 1.57. The van der Waals surface area contributed by atoms with E-state index in [4.69, 9.17) is 16.3 Å². The number of anilines is 2. The Balaban J connectivity index is 1.72. The summed E-state index contributed by atoms with van der Waals surface area (Å²) >= 11 is 6.12. The predicted octanol–water partition coefficient (Wildman–Crippen LogP) is 4.51. The number of hydrogen-bond donors (Lipinski definition) is 2. The molecule has 0 aliphatic heterocycles. The fourth-order valence-electron chi connectivity index (χ4n) is 3.12. The van der Waals surface area contributed by atoms with Crippen molar-refractivity contribution >= 4 is 34.8 Å². The average molecular weight is 385 g/mol. The van der Waals surface area contributed by atoms with E-state index in [1.165, 1.54) is 0 Å². The van der Waals surface area contributed by atoms with Crippen molar-refractivity contribution in [1.82, 2.24) is 0 Å². The van der Waals surface area contributed by atoms with Crippen LogP contribution in [0.1, 0.15) is 12.8 Å². The lowest BCUT2D eigenvalue weighted by atomic mass is 9.81. The van der Waals surface area contributed by atoms with Gasteiger partial charge in [-0.3, -0.25) is 9.59 Å². The van der Waals surface area contributed by atoms with E-state index in [9.17, 15) is 9.59 Å². The Morgan fingerprint density at radius 2 is 1.63 bits per heavy atom. The van der Waals surface area contributed by atoms with E-state index in [0.717, 1.165) is 0 Å². The first-order valence-corrected chi connectivity index (χ1v) is 9.11. The van der Waals surface area contributed by atoms with Gasteiger partial charge in [0.05, 0.1) is 29.7 Å². The van der Waals surface area contributed by atoms with Crippen molar-refractivity contribution in [3.8, 4) is 5.75 Å². The van der Waals surface area contributed by atoms with Gasteiger partial charge in [0.1, 0.15) is 5.75 Å². The second-order valence-corrected chi connectivity index (χ2v) is 6.75. The third-order valence-electron chi connectivity index (χ3n) is 4.57. The van der Waals surface area contributed by atoms with Crippen LogP contribution < -0.4 is 15.4 Å². The molecule has 2 amide bonds. The maximum absolute atomic E-state index is 12.8. The van der Waals surface area contributed by atoms with Crippen LogP contribution in [0.4, 0.5) is 11.4 Å². The van der Waals surface area contributed by atoms with Crippen LogP contribution in [-0.4, -0.2) is 18.9 Å². The van der Waals surface area contributed by atoms with E-state index in [1.54, 1.807) is 55.6 Å². The van der Waals surface area contributed by atoms with Gasteiger partial charge in [-0.2, -0.15) is 0 Å². The van der Waals surface area contributed by atoms with Gasteiger partial charge in [0, 0.05) is 11.8 Å². The normalized spacial score (nSPS) is 18.6. The maximum atomic E-state index is 12.8. The van der Waals surface area contributed by atoms with Gasteiger partial charge < -0.3 is 15.4 Å². The molecule has 2 aromatic rings. The molecule has 27 heavy (non-hydrogen) atoms. The number of ether oxygens (including phenoxy) is 1. The number of rotatable bonds is 5. The van der Waals surface area contributed by atoms with Gasteiger partial charge in [0.2, 0.25) is 11.8 Å². The number of carbonyl (C=O) groups is 2. The quantitative estimate of drug-likeness (QED) is 0.745. The molecule has 2 N–H and O–H groups in total. The summed E-state index contributed by atoms with van der Waals surface area (Å²) < 4.78 is 5.18. The molecule has 2 unspecified atom stereocenters. The maximum Gasteiger partial charge on any atom is 0.228 e. The topological polar surface area (TPSA) is 67.4 Å². The Labute approximate surface area is 163 Å². The molecule has 6 heteroatoms. The lowest BCUT2D eigenvalue weighted by molar-refractivity contribution is -0.129. The van der Waals surface area contributed by atoms with E-state index in [2.05, 4.69) is 10.6 Å². The smallest absolute Gasteiger partial charge is 0.228 e. The van der Waals surface area contributed by atoms with E-state index in [-0.39, 0.29) is 11.8 Å². The molecule has 0 saturated heterocycles. The summed E-state index contributed by atoms with van der Waals surface area (Å²) in [5.41, 5.74) is 1.19. The van der Waals surface area contributed by atoms with Crippen molar-refractivity contribution in [2.45, 2.75) is 12.8 Å². The minimum atomic E-state index is -0.461. The minimum Gasteiger partial charge on any atom is -0.497 e. The van der Waals surface area contributed by atoms with Crippen LogP contribution in [0, 0.1) is 11.8 Å². The largest absolute Gasteiger partial charge is 0.497 e. The van der Waals surface area contributed by atoms with E-state index >= 15 is 0 Å². The van der Waals surface area contributed by atoms with Gasteiger partial charge in [-0.1, -0.05) is 42.0 Å². The zero-order valence-electron chi connectivity index (χ0n) is 14.9. The molecule has 0 bridgehead atoms. The minimum absolute atomic E-state index is 0.188.